The molecule has 2 aliphatic rings. The van der Waals surface area contributed by atoms with Crippen LogP contribution < -0.4 is 21.4 Å². The maximum absolute atomic E-state index is 15.4. The SMILES string of the molecule is CCC(c1ccccc1)C(N)C(=O)NC1CCN(c2c(F)cc3c(=O)c(C(=O)O)cn(C4CC4)c3c2Cl)C1. The first-order chi connectivity index (χ1) is 18.2. The van der Waals surface area contributed by atoms with Crippen molar-refractivity contribution in [2.24, 2.45) is 5.73 Å². The molecule has 1 saturated heterocycles. The molecule has 1 aromatic heterocycles. The Morgan fingerprint density at radius 2 is 1.95 bits per heavy atom. The monoisotopic (exact) mass is 540 g/mol. The number of hydrogen-bond donors (Lipinski definition) is 3. The number of aromatic carboxylic acids is 1. The van der Waals surface area contributed by atoms with Crippen LogP contribution in [0.5, 0.6) is 0 Å². The van der Waals surface area contributed by atoms with Gasteiger partial charge in [0.25, 0.3) is 0 Å². The minimum atomic E-state index is -1.36. The van der Waals surface area contributed by atoms with Crippen LogP contribution in [0.15, 0.2) is 47.4 Å². The molecule has 3 unspecified atom stereocenters. The summed E-state index contributed by atoms with van der Waals surface area (Å²) in [6.07, 6.45) is 4.23. The van der Waals surface area contributed by atoms with Gasteiger partial charge in [-0.05, 0) is 37.3 Å². The molecule has 1 aliphatic heterocycles. The summed E-state index contributed by atoms with van der Waals surface area (Å²) >= 11 is 6.74. The second-order valence-electron chi connectivity index (χ2n) is 10.1. The van der Waals surface area contributed by atoms with Crippen LogP contribution in [0.1, 0.15) is 60.5 Å². The highest BCUT2D eigenvalue weighted by molar-refractivity contribution is 6.38. The molecule has 10 heteroatoms. The molecule has 8 nitrogen and oxygen atoms in total. The molecule has 2 fully saturated rings. The minimum Gasteiger partial charge on any atom is -0.477 e. The zero-order valence-corrected chi connectivity index (χ0v) is 21.7. The molecule has 2 heterocycles. The van der Waals surface area contributed by atoms with Gasteiger partial charge in [-0.15, -0.1) is 0 Å². The summed E-state index contributed by atoms with van der Waals surface area (Å²) < 4.78 is 17.1. The molecule has 0 bridgehead atoms. The van der Waals surface area contributed by atoms with Crippen molar-refractivity contribution in [2.75, 3.05) is 18.0 Å². The highest BCUT2D eigenvalue weighted by Gasteiger charge is 2.34. The molecule has 200 valence electrons. The van der Waals surface area contributed by atoms with Crippen molar-refractivity contribution in [3.8, 4) is 0 Å². The van der Waals surface area contributed by atoms with Crippen LogP contribution in [0.25, 0.3) is 10.9 Å². The van der Waals surface area contributed by atoms with Gasteiger partial charge in [-0.25, -0.2) is 9.18 Å². The number of fused-ring (bicyclic) bond motifs is 1. The molecule has 4 N–H and O–H groups in total. The number of halogens is 2. The molecule has 3 atom stereocenters. The van der Waals surface area contributed by atoms with Crippen molar-refractivity contribution in [3.05, 3.63) is 74.8 Å². The Hall–Kier alpha value is -3.43. The summed E-state index contributed by atoms with van der Waals surface area (Å²) in [4.78, 5) is 39.3. The molecule has 2 aromatic carbocycles. The van der Waals surface area contributed by atoms with Crippen LogP contribution >= 0.6 is 11.6 Å². The smallest absolute Gasteiger partial charge is 0.341 e. The lowest BCUT2D eigenvalue weighted by molar-refractivity contribution is -0.123. The van der Waals surface area contributed by atoms with Gasteiger partial charge in [0.05, 0.1) is 27.7 Å². The summed E-state index contributed by atoms with van der Waals surface area (Å²) in [5.74, 6) is -2.46. The van der Waals surface area contributed by atoms with Crippen molar-refractivity contribution in [3.63, 3.8) is 0 Å². The number of nitrogens with one attached hydrogen (secondary N) is 1. The molecule has 38 heavy (non-hydrogen) atoms. The van der Waals surface area contributed by atoms with E-state index in [0.29, 0.717) is 31.4 Å². The molecule has 0 radical (unpaired) electrons. The first-order valence-corrected chi connectivity index (χ1v) is 13.2. The number of carbonyl (C=O) groups excluding carboxylic acids is 1. The van der Waals surface area contributed by atoms with Crippen LogP contribution in [0.2, 0.25) is 5.02 Å². The molecule has 1 aliphatic carbocycles. The van der Waals surface area contributed by atoms with Gasteiger partial charge < -0.3 is 25.6 Å². The normalized spacial score (nSPS) is 18.9. The summed E-state index contributed by atoms with van der Waals surface area (Å²) in [6.45, 7) is 2.76. The van der Waals surface area contributed by atoms with Gasteiger partial charge >= 0.3 is 5.97 Å². The third-order valence-electron chi connectivity index (χ3n) is 7.61. The first kappa shape index (κ1) is 26.2. The van der Waals surface area contributed by atoms with E-state index in [-0.39, 0.29) is 40.0 Å². The summed E-state index contributed by atoms with van der Waals surface area (Å²) in [6, 6.07) is 9.79. The molecular formula is C28H30ClFN4O4. The van der Waals surface area contributed by atoms with E-state index in [9.17, 15) is 19.5 Å². The van der Waals surface area contributed by atoms with Gasteiger partial charge in [-0.2, -0.15) is 0 Å². The number of rotatable bonds is 8. The number of benzene rings is 2. The van der Waals surface area contributed by atoms with Crippen molar-refractivity contribution in [1.82, 2.24) is 9.88 Å². The molecule has 5 rings (SSSR count). The van der Waals surface area contributed by atoms with Crippen LogP contribution in [0.4, 0.5) is 10.1 Å². The van der Waals surface area contributed by atoms with Crippen LogP contribution in [-0.4, -0.2) is 46.7 Å². The lowest BCUT2D eigenvalue weighted by Crippen LogP contribution is -2.48. The van der Waals surface area contributed by atoms with Gasteiger partial charge in [0.2, 0.25) is 11.3 Å². The Labute approximate surface area is 224 Å². The van der Waals surface area contributed by atoms with E-state index >= 15 is 4.39 Å². The zero-order chi connectivity index (χ0) is 27.1. The molecule has 1 amide bonds. The third kappa shape index (κ3) is 4.76. The Bertz CT molecular complexity index is 1460. The Balaban J connectivity index is 1.39. The molecule has 1 saturated carbocycles. The molecule has 3 aromatic rings. The fraction of sp³-hybridized carbons (Fsp3) is 0.393. The fourth-order valence-electron chi connectivity index (χ4n) is 5.47. The summed E-state index contributed by atoms with van der Waals surface area (Å²) in [5.41, 5.74) is 6.67. The lowest BCUT2D eigenvalue weighted by atomic mass is 9.89. The first-order valence-electron chi connectivity index (χ1n) is 12.9. The number of pyridine rings is 1. The largest absolute Gasteiger partial charge is 0.477 e. The molecule has 0 spiro atoms. The summed E-state index contributed by atoms with van der Waals surface area (Å²) in [5, 5.41) is 12.5. The van der Waals surface area contributed by atoms with E-state index in [0.717, 1.165) is 24.5 Å². The number of carboxylic acid groups (broad SMARTS) is 1. The predicted molar refractivity (Wildman–Crippen MR) is 145 cm³/mol. The topological polar surface area (TPSA) is 118 Å². The Morgan fingerprint density at radius 1 is 1.24 bits per heavy atom. The second kappa shape index (κ2) is 10.4. The highest BCUT2D eigenvalue weighted by atomic mass is 35.5. The highest BCUT2D eigenvalue weighted by Crippen LogP contribution is 2.42. The van der Waals surface area contributed by atoms with E-state index < -0.39 is 28.8 Å². The van der Waals surface area contributed by atoms with Crippen LogP contribution in [0.3, 0.4) is 0 Å². The van der Waals surface area contributed by atoms with Gasteiger partial charge in [-0.3, -0.25) is 9.59 Å². The van der Waals surface area contributed by atoms with E-state index in [1.165, 1.54) is 6.20 Å². The average molecular weight is 541 g/mol. The van der Waals surface area contributed by atoms with Crippen LogP contribution in [-0.2, 0) is 4.79 Å². The number of amides is 1. The number of hydrogen-bond acceptors (Lipinski definition) is 5. The Kier molecular flexibility index (Phi) is 7.15. The number of aromatic nitrogens is 1. The second-order valence-corrected chi connectivity index (χ2v) is 10.5. The minimum absolute atomic E-state index is 0.00948. The van der Waals surface area contributed by atoms with Gasteiger partial charge in [0, 0.05) is 37.3 Å². The van der Waals surface area contributed by atoms with E-state index in [1.807, 2.05) is 37.3 Å². The number of nitrogens with zero attached hydrogens (tertiary/aromatic N) is 2. The van der Waals surface area contributed by atoms with Crippen molar-refractivity contribution >= 4 is 40.1 Å². The van der Waals surface area contributed by atoms with Crippen molar-refractivity contribution in [2.45, 2.75) is 56.7 Å². The maximum Gasteiger partial charge on any atom is 0.341 e. The predicted octanol–water partition coefficient (Wildman–Crippen LogP) is 4.04. The standard InChI is InChI=1S/C28H30ClFN4O4/c1-2-18(15-6-4-3-5-7-15)23(31)27(36)32-16-10-11-33(13-16)25-21(30)12-19-24(22(25)29)34(17-8-9-17)14-20(26(19)35)28(37)38/h3-7,12,14,16-18,23H,2,8-11,13,31H2,1H3,(H,32,36)(H,37,38). The van der Waals surface area contributed by atoms with E-state index in [4.69, 9.17) is 17.3 Å². The van der Waals surface area contributed by atoms with Gasteiger partial charge in [-0.1, -0.05) is 48.9 Å². The van der Waals surface area contributed by atoms with Gasteiger partial charge in [0.15, 0.2) is 0 Å². The van der Waals surface area contributed by atoms with E-state index in [2.05, 4.69) is 5.32 Å². The van der Waals surface area contributed by atoms with E-state index in [1.54, 1.807) is 9.47 Å². The van der Waals surface area contributed by atoms with Crippen molar-refractivity contribution in [1.29, 1.82) is 0 Å². The number of anilines is 1. The maximum atomic E-state index is 15.4. The lowest BCUT2D eigenvalue weighted by Gasteiger charge is -2.25. The third-order valence-corrected chi connectivity index (χ3v) is 7.97. The van der Waals surface area contributed by atoms with Gasteiger partial charge in [0.1, 0.15) is 11.4 Å². The molecular weight excluding hydrogens is 511 g/mol. The quantitative estimate of drug-likeness (QED) is 0.397. The number of nitrogens with two attached hydrogens (primary N) is 1. The van der Waals surface area contributed by atoms with Crippen LogP contribution in [0, 0.1) is 5.82 Å². The fourth-order valence-corrected chi connectivity index (χ4v) is 5.88. The number of carbonyl (C=O) groups is 2. The summed E-state index contributed by atoms with van der Waals surface area (Å²) in [7, 11) is 0. The zero-order valence-electron chi connectivity index (χ0n) is 21.0. The van der Waals surface area contributed by atoms with Crippen molar-refractivity contribution < 1.29 is 19.1 Å². The average Bonchev–Trinajstić information content (AvgIpc) is 3.64. The number of carboxylic acids is 1. The Morgan fingerprint density at radius 3 is 2.58 bits per heavy atom.